The second-order valence-electron chi connectivity index (χ2n) is 4.91. The molecule has 7 nitrogen and oxygen atoms in total. The van der Waals surface area contributed by atoms with Crippen LogP contribution >= 0.6 is 0 Å². The van der Waals surface area contributed by atoms with Gasteiger partial charge in [0.1, 0.15) is 5.56 Å². The number of carbonyl (C=O) groups excluding carboxylic acids is 1. The number of rotatable bonds is 4. The van der Waals surface area contributed by atoms with Gasteiger partial charge in [-0.1, -0.05) is 24.3 Å². The number of pyridine rings is 1. The zero-order chi connectivity index (χ0) is 16.3. The fourth-order valence-corrected chi connectivity index (χ4v) is 2.17. The number of benzene rings is 1. The zero-order valence-electron chi connectivity index (χ0n) is 12.1. The fourth-order valence-electron chi connectivity index (χ4n) is 2.17. The highest BCUT2D eigenvalue weighted by molar-refractivity contribution is 5.94. The van der Waals surface area contributed by atoms with Gasteiger partial charge < -0.3 is 10.3 Å². The van der Waals surface area contributed by atoms with Crippen molar-refractivity contribution in [2.24, 2.45) is 0 Å². The molecule has 0 saturated carbocycles. The number of H-pyrrole nitrogens is 1. The van der Waals surface area contributed by atoms with E-state index in [9.17, 15) is 19.7 Å². The summed E-state index contributed by atoms with van der Waals surface area (Å²) in [7, 11) is 0. The Morgan fingerprint density at radius 2 is 2.05 bits per heavy atom. The van der Waals surface area contributed by atoms with E-state index in [2.05, 4.69) is 10.3 Å². The van der Waals surface area contributed by atoms with E-state index in [1.165, 1.54) is 0 Å². The summed E-state index contributed by atoms with van der Waals surface area (Å²) >= 11 is 0. The molecule has 0 aliphatic carbocycles. The fraction of sp³-hybridized carbons (Fsp3) is 0.200. The van der Waals surface area contributed by atoms with Gasteiger partial charge in [0.2, 0.25) is 0 Å². The maximum absolute atomic E-state index is 12.2. The second kappa shape index (κ2) is 6.21. The number of hydrogen-bond acceptors (Lipinski definition) is 4. The quantitative estimate of drug-likeness (QED) is 0.666. The van der Waals surface area contributed by atoms with Crippen LogP contribution in [0.15, 0.2) is 41.3 Å². The minimum absolute atomic E-state index is 0.283. The highest BCUT2D eigenvalue weighted by Crippen LogP contribution is 2.17. The van der Waals surface area contributed by atoms with Crippen LogP contribution in [0.4, 0.5) is 5.69 Å². The van der Waals surface area contributed by atoms with Crippen molar-refractivity contribution in [1.29, 1.82) is 0 Å². The largest absolute Gasteiger partial charge is 0.345 e. The van der Waals surface area contributed by atoms with Gasteiger partial charge in [-0.25, -0.2) is 0 Å². The van der Waals surface area contributed by atoms with Crippen LogP contribution in [0.1, 0.15) is 34.5 Å². The van der Waals surface area contributed by atoms with Crippen molar-refractivity contribution in [3.8, 4) is 0 Å². The second-order valence-corrected chi connectivity index (χ2v) is 4.91. The molecular weight excluding hydrogens is 286 g/mol. The summed E-state index contributed by atoms with van der Waals surface area (Å²) in [6.45, 7) is 3.70. The van der Waals surface area contributed by atoms with Crippen LogP contribution in [0.25, 0.3) is 0 Å². The van der Waals surface area contributed by atoms with E-state index in [-0.39, 0.29) is 17.3 Å². The van der Waals surface area contributed by atoms with Crippen molar-refractivity contribution in [3.63, 3.8) is 0 Å². The molecule has 0 aliphatic heterocycles. The van der Waals surface area contributed by atoms with Gasteiger partial charge in [-0.05, 0) is 25.0 Å². The molecule has 0 radical (unpaired) electrons. The minimum Gasteiger partial charge on any atom is -0.345 e. The summed E-state index contributed by atoms with van der Waals surface area (Å²) in [6.07, 6.45) is 0.962. The predicted octanol–water partition coefficient (Wildman–Crippen LogP) is 2.08. The Bertz CT molecular complexity index is 782. The average molecular weight is 301 g/mol. The third-order valence-electron chi connectivity index (χ3n) is 3.35. The lowest BCUT2D eigenvalue weighted by atomic mass is 10.0. The average Bonchev–Trinajstić information content (AvgIpc) is 2.47. The normalized spacial score (nSPS) is 11.7. The molecule has 1 heterocycles. The Hall–Kier alpha value is -2.96. The number of hydrogen-bond donors (Lipinski definition) is 2. The van der Waals surface area contributed by atoms with E-state index in [1.54, 1.807) is 6.92 Å². The standard InChI is InChI=1S/C15H15N3O4/c1-9-5-3-4-6-12(9)10(2)17-15(20)13-7-11(18(21)22)8-16-14(13)19/h3-8,10H,1-2H3,(H,16,19)(H,17,20)/t10-/m1/s1. The molecule has 0 spiro atoms. The van der Waals surface area contributed by atoms with Crippen LogP contribution < -0.4 is 10.9 Å². The number of aromatic amines is 1. The number of amides is 1. The Morgan fingerprint density at radius 1 is 1.36 bits per heavy atom. The van der Waals surface area contributed by atoms with Gasteiger partial charge >= 0.3 is 0 Å². The first-order valence-electron chi connectivity index (χ1n) is 6.63. The van der Waals surface area contributed by atoms with Crippen molar-refractivity contribution in [2.45, 2.75) is 19.9 Å². The number of aromatic nitrogens is 1. The molecule has 0 bridgehead atoms. The van der Waals surface area contributed by atoms with Crippen LogP contribution in [-0.2, 0) is 0 Å². The van der Waals surface area contributed by atoms with Gasteiger partial charge in [-0.2, -0.15) is 0 Å². The molecule has 2 rings (SSSR count). The number of nitrogens with one attached hydrogen (secondary N) is 2. The van der Waals surface area contributed by atoms with E-state index < -0.39 is 16.4 Å². The van der Waals surface area contributed by atoms with Crippen molar-refractivity contribution in [3.05, 3.63) is 73.7 Å². The molecule has 0 aliphatic rings. The molecule has 0 unspecified atom stereocenters. The van der Waals surface area contributed by atoms with Gasteiger partial charge in [0.15, 0.2) is 0 Å². The van der Waals surface area contributed by atoms with Crippen molar-refractivity contribution in [2.75, 3.05) is 0 Å². The summed E-state index contributed by atoms with van der Waals surface area (Å²) in [5, 5.41) is 13.4. The molecule has 2 aromatic rings. The SMILES string of the molecule is Cc1ccccc1[C@@H](C)NC(=O)c1cc([N+](=O)[O-])c[nH]c1=O. The van der Waals surface area contributed by atoms with E-state index in [1.807, 2.05) is 31.2 Å². The van der Waals surface area contributed by atoms with Gasteiger partial charge in [0, 0.05) is 6.07 Å². The number of aryl methyl sites for hydroxylation is 1. The van der Waals surface area contributed by atoms with Gasteiger partial charge in [-0.15, -0.1) is 0 Å². The number of nitro groups is 1. The zero-order valence-corrected chi connectivity index (χ0v) is 12.1. The Balaban J connectivity index is 2.26. The van der Waals surface area contributed by atoms with Crippen LogP contribution in [0, 0.1) is 17.0 Å². The summed E-state index contributed by atoms with van der Waals surface area (Å²) in [4.78, 5) is 36.1. The maximum atomic E-state index is 12.2. The van der Waals surface area contributed by atoms with E-state index >= 15 is 0 Å². The lowest BCUT2D eigenvalue weighted by Crippen LogP contribution is -2.31. The topological polar surface area (TPSA) is 105 Å². The van der Waals surface area contributed by atoms with Crippen molar-refractivity contribution in [1.82, 2.24) is 10.3 Å². The smallest absolute Gasteiger partial charge is 0.286 e. The lowest BCUT2D eigenvalue weighted by Gasteiger charge is -2.16. The van der Waals surface area contributed by atoms with Crippen LogP contribution in [-0.4, -0.2) is 15.8 Å². The summed E-state index contributed by atoms with van der Waals surface area (Å²) in [5.74, 6) is -0.652. The third kappa shape index (κ3) is 3.20. The van der Waals surface area contributed by atoms with Gasteiger partial charge in [0.25, 0.3) is 17.2 Å². The maximum Gasteiger partial charge on any atom is 0.286 e. The van der Waals surface area contributed by atoms with Gasteiger partial charge in [-0.3, -0.25) is 19.7 Å². The lowest BCUT2D eigenvalue weighted by molar-refractivity contribution is -0.385. The summed E-state index contributed by atoms with van der Waals surface area (Å²) < 4.78 is 0. The summed E-state index contributed by atoms with van der Waals surface area (Å²) in [6, 6.07) is 8.17. The van der Waals surface area contributed by atoms with E-state index in [4.69, 9.17) is 0 Å². The molecular formula is C15H15N3O4. The Kier molecular flexibility index (Phi) is 4.36. The first-order valence-corrected chi connectivity index (χ1v) is 6.63. The minimum atomic E-state index is -0.669. The Labute approximate surface area is 126 Å². The van der Waals surface area contributed by atoms with E-state index in [0.29, 0.717) is 0 Å². The number of nitrogens with zero attached hydrogens (tertiary/aromatic N) is 1. The van der Waals surface area contributed by atoms with Crippen molar-refractivity contribution < 1.29 is 9.72 Å². The molecule has 1 atom stereocenters. The van der Waals surface area contributed by atoms with Crippen LogP contribution in [0.3, 0.4) is 0 Å². The molecule has 0 fully saturated rings. The van der Waals surface area contributed by atoms with Crippen molar-refractivity contribution >= 4 is 11.6 Å². The predicted molar refractivity (Wildman–Crippen MR) is 80.8 cm³/mol. The first kappa shape index (κ1) is 15.4. The molecule has 0 saturated heterocycles. The highest BCUT2D eigenvalue weighted by atomic mass is 16.6. The molecule has 7 heteroatoms. The van der Waals surface area contributed by atoms with Crippen LogP contribution in [0.2, 0.25) is 0 Å². The molecule has 114 valence electrons. The Morgan fingerprint density at radius 3 is 2.68 bits per heavy atom. The molecule has 2 N–H and O–H groups in total. The molecule has 22 heavy (non-hydrogen) atoms. The molecule has 1 aromatic carbocycles. The molecule has 1 aromatic heterocycles. The third-order valence-corrected chi connectivity index (χ3v) is 3.35. The number of carbonyl (C=O) groups is 1. The van der Waals surface area contributed by atoms with E-state index in [0.717, 1.165) is 23.4 Å². The van der Waals surface area contributed by atoms with Crippen LogP contribution in [0.5, 0.6) is 0 Å². The monoisotopic (exact) mass is 301 g/mol. The van der Waals surface area contributed by atoms with Gasteiger partial charge in [0.05, 0.1) is 17.2 Å². The molecule has 1 amide bonds. The summed E-state index contributed by atoms with van der Waals surface area (Å²) in [5.41, 5.74) is 0.629. The highest BCUT2D eigenvalue weighted by Gasteiger charge is 2.18. The first-order chi connectivity index (χ1) is 10.4.